The predicted octanol–water partition coefficient (Wildman–Crippen LogP) is 5.77. The minimum Gasteiger partial charge on any atom is -0.508 e. The van der Waals surface area contributed by atoms with Crippen LogP contribution >= 0.6 is 0 Å². The molecule has 1 aliphatic heterocycles. The lowest BCUT2D eigenvalue weighted by Crippen LogP contribution is -2.37. The largest absolute Gasteiger partial charge is 0.508 e. The first-order valence-electron chi connectivity index (χ1n) is 12.4. The topological polar surface area (TPSA) is 40.5 Å². The summed E-state index contributed by atoms with van der Waals surface area (Å²) in [5, 5.41) is 10.1. The van der Waals surface area contributed by atoms with Gasteiger partial charge in [0.25, 0.3) is 0 Å². The molecule has 6 rings (SSSR count). The lowest BCUT2D eigenvalue weighted by atomic mass is 9.59. The molecule has 0 amide bonds. The van der Waals surface area contributed by atoms with Crippen LogP contribution in [0.5, 0.6) is 5.75 Å². The van der Waals surface area contributed by atoms with Crippen molar-refractivity contribution in [2.24, 2.45) is 5.92 Å². The van der Waals surface area contributed by atoms with E-state index in [4.69, 9.17) is 0 Å². The molecule has 0 bridgehead atoms. The molecule has 3 heteroatoms. The van der Waals surface area contributed by atoms with E-state index in [0.717, 1.165) is 51.5 Å². The van der Waals surface area contributed by atoms with E-state index < -0.39 is 0 Å². The smallest absolute Gasteiger partial charge is 0.123 e. The molecule has 168 valence electrons. The summed E-state index contributed by atoms with van der Waals surface area (Å²) >= 11 is 0. The van der Waals surface area contributed by atoms with E-state index in [1.807, 2.05) is 12.1 Å². The Morgan fingerprint density at radius 3 is 2.36 bits per heavy atom. The number of aldehydes is 1. The molecule has 2 aliphatic carbocycles. The number of aryl methyl sites for hydroxylation is 2. The average Bonchev–Trinajstić information content (AvgIpc) is 3.23. The molecule has 3 nitrogen and oxygen atoms in total. The number of phenols is 1. The highest BCUT2D eigenvalue weighted by Gasteiger charge is 2.48. The van der Waals surface area contributed by atoms with Gasteiger partial charge in [-0.25, -0.2) is 0 Å². The van der Waals surface area contributed by atoms with Gasteiger partial charge < -0.3 is 14.8 Å². The molecule has 1 spiro atoms. The van der Waals surface area contributed by atoms with Crippen molar-refractivity contribution < 1.29 is 9.90 Å². The van der Waals surface area contributed by atoms with Crippen molar-refractivity contribution in [3.05, 3.63) is 94.5 Å². The molecule has 33 heavy (non-hydrogen) atoms. The van der Waals surface area contributed by atoms with Crippen LogP contribution in [0.4, 0.5) is 5.69 Å². The van der Waals surface area contributed by atoms with Crippen LogP contribution < -0.4 is 4.90 Å². The maximum absolute atomic E-state index is 11.1. The van der Waals surface area contributed by atoms with Crippen LogP contribution in [0.3, 0.4) is 0 Å². The van der Waals surface area contributed by atoms with Gasteiger partial charge in [-0.05, 0) is 90.6 Å². The van der Waals surface area contributed by atoms with Crippen LogP contribution in [0.1, 0.15) is 59.4 Å². The molecular formula is C30H31NO2. The van der Waals surface area contributed by atoms with Crippen molar-refractivity contribution in [1.82, 2.24) is 0 Å². The number of fused-ring (bicyclic) bond motifs is 3. The Labute approximate surface area is 196 Å². The molecule has 0 aromatic heterocycles. The SMILES string of the molecule is O=CC1CCN(c2ccc([C@H]3c4ccc(O)cc4CC[C@]34CCc3ccccc34)cc2)CC1. The molecule has 1 heterocycles. The number of anilines is 1. The maximum Gasteiger partial charge on any atom is 0.123 e. The van der Waals surface area contributed by atoms with E-state index in [0.29, 0.717) is 11.7 Å². The second kappa shape index (κ2) is 8.06. The second-order valence-corrected chi connectivity index (χ2v) is 10.2. The number of phenolic OH excluding ortho intramolecular Hbond substituents is 1. The number of hydrogen-bond donors (Lipinski definition) is 1. The van der Waals surface area contributed by atoms with Crippen LogP contribution in [0.25, 0.3) is 0 Å². The first-order chi connectivity index (χ1) is 16.2. The van der Waals surface area contributed by atoms with E-state index >= 15 is 0 Å². The molecule has 1 N–H and O–H groups in total. The number of nitrogens with zero attached hydrogens (tertiary/aromatic N) is 1. The first kappa shape index (κ1) is 20.5. The minimum atomic E-state index is 0.115. The van der Waals surface area contributed by atoms with Gasteiger partial charge in [0.1, 0.15) is 12.0 Å². The quantitative estimate of drug-likeness (QED) is 0.529. The lowest BCUT2D eigenvalue weighted by molar-refractivity contribution is -0.111. The Bertz CT molecular complexity index is 1180. The van der Waals surface area contributed by atoms with Gasteiger partial charge in [0.05, 0.1) is 0 Å². The highest BCUT2D eigenvalue weighted by atomic mass is 16.3. The molecule has 2 atom stereocenters. The average molecular weight is 438 g/mol. The molecule has 3 aromatic rings. The summed E-state index contributed by atoms with van der Waals surface area (Å²) in [5.41, 5.74) is 8.42. The van der Waals surface area contributed by atoms with Crippen LogP contribution in [0, 0.1) is 5.92 Å². The summed E-state index contributed by atoms with van der Waals surface area (Å²) in [6, 6.07) is 24.2. The highest BCUT2D eigenvalue weighted by molar-refractivity contribution is 5.58. The Morgan fingerprint density at radius 2 is 1.61 bits per heavy atom. The summed E-state index contributed by atoms with van der Waals surface area (Å²) in [7, 11) is 0. The third kappa shape index (κ3) is 3.37. The lowest BCUT2D eigenvalue weighted by Gasteiger charge is -2.44. The van der Waals surface area contributed by atoms with E-state index in [-0.39, 0.29) is 11.3 Å². The van der Waals surface area contributed by atoms with Gasteiger partial charge in [-0.1, -0.05) is 42.5 Å². The fourth-order valence-electron chi connectivity index (χ4n) is 6.84. The zero-order valence-electron chi connectivity index (χ0n) is 19.0. The first-order valence-corrected chi connectivity index (χ1v) is 12.4. The number of rotatable bonds is 3. The summed E-state index contributed by atoms with van der Waals surface area (Å²) in [5.74, 6) is 0.877. The number of aromatic hydroxyl groups is 1. The number of hydrogen-bond acceptors (Lipinski definition) is 3. The van der Waals surface area contributed by atoms with E-state index in [1.165, 1.54) is 39.9 Å². The van der Waals surface area contributed by atoms with Gasteiger partial charge >= 0.3 is 0 Å². The molecule has 3 aliphatic rings. The second-order valence-electron chi connectivity index (χ2n) is 10.2. The number of piperidine rings is 1. The van der Waals surface area contributed by atoms with Crippen LogP contribution in [0.2, 0.25) is 0 Å². The zero-order chi connectivity index (χ0) is 22.4. The molecule has 0 saturated carbocycles. The van der Waals surface area contributed by atoms with Gasteiger partial charge in [-0.15, -0.1) is 0 Å². The highest BCUT2D eigenvalue weighted by Crippen LogP contribution is 2.57. The van der Waals surface area contributed by atoms with Gasteiger partial charge in [-0.3, -0.25) is 0 Å². The zero-order valence-corrected chi connectivity index (χ0v) is 19.0. The fraction of sp³-hybridized carbons (Fsp3) is 0.367. The molecule has 0 unspecified atom stereocenters. The van der Waals surface area contributed by atoms with Crippen molar-refractivity contribution in [1.29, 1.82) is 0 Å². The fourth-order valence-corrected chi connectivity index (χ4v) is 6.84. The maximum atomic E-state index is 11.1. The van der Waals surface area contributed by atoms with Crippen LogP contribution in [-0.4, -0.2) is 24.5 Å². The molecule has 1 saturated heterocycles. The Kier molecular flexibility index (Phi) is 5.01. The third-order valence-corrected chi connectivity index (χ3v) is 8.55. The van der Waals surface area contributed by atoms with Crippen molar-refractivity contribution in [3.63, 3.8) is 0 Å². The van der Waals surface area contributed by atoms with Crippen LogP contribution in [0.15, 0.2) is 66.7 Å². The summed E-state index contributed by atoms with van der Waals surface area (Å²) in [6.45, 7) is 1.90. The Morgan fingerprint density at radius 1 is 0.879 bits per heavy atom. The number of carbonyl (C=O) groups is 1. The van der Waals surface area contributed by atoms with E-state index in [2.05, 4.69) is 59.5 Å². The predicted molar refractivity (Wildman–Crippen MR) is 132 cm³/mol. The van der Waals surface area contributed by atoms with E-state index in [1.54, 1.807) is 0 Å². The van der Waals surface area contributed by atoms with Crippen molar-refractivity contribution in [3.8, 4) is 5.75 Å². The van der Waals surface area contributed by atoms with Gasteiger partial charge in [0.15, 0.2) is 0 Å². The van der Waals surface area contributed by atoms with Crippen molar-refractivity contribution in [2.45, 2.75) is 49.9 Å². The van der Waals surface area contributed by atoms with Crippen molar-refractivity contribution >= 4 is 12.0 Å². The van der Waals surface area contributed by atoms with Crippen molar-refractivity contribution in [2.75, 3.05) is 18.0 Å². The summed E-state index contributed by atoms with van der Waals surface area (Å²) in [6.07, 6.45) is 7.47. The molecule has 1 fully saturated rings. The monoisotopic (exact) mass is 437 g/mol. The normalized spacial score (nSPS) is 24.5. The number of carbonyl (C=O) groups excluding carboxylic acids is 1. The van der Waals surface area contributed by atoms with Gasteiger partial charge in [0.2, 0.25) is 0 Å². The molecular weight excluding hydrogens is 406 g/mol. The summed E-state index contributed by atoms with van der Waals surface area (Å²) < 4.78 is 0. The standard InChI is InChI=1S/C30H31NO2/c32-20-21-13-17-31(18-14-21)25-7-5-23(6-8-25)29-27-10-9-26(33)19-24(27)12-16-30(29)15-11-22-3-1-2-4-28(22)30/h1-10,19-21,29,33H,11-18H2/t29-,30-/m0/s1. The summed E-state index contributed by atoms with van der Waals surface area (Å²) in [4.78, 5) is 13.5. The van der Waals surface area contributed by atoms with Gasteiger partial charge in [-0.2, -0.15) is 0 Å². The minimum absolute atomic E-state index is 0.115. The molecule has 0 radical (unpaired) electrons. The Hall–Kier alpha value is -3.07. The molecule has 3 aromatic carbocycles. The number of benzene rings is 3. The van der Waals surface area contributed by atoms with Gasteiger partial charge in [0, 0.05) is 36.0 Å². The van der Waals surface area contributed by atoms with Crippen LogP contribution in [-0.2, 0) is 23.1 Å². The van der Waals surface area contributed by atoms with E-state index in [9.17, 15) is 9.90 Å². The third-order valence-electron chi connectivity index (χ3n) is 8.55. The Balaban J connectivity index is 1.40.